The molecule has 1 aromatic rings. The summed E-state index contributed by atoms with van der Waals surface area (Å²) in [6.07, 6.45) is -4.36. The second-order valence-electron chi connectivity index (χ2n) is 2.92. The van der Waals surface area contributed by atoms with Crippen LogP contribution in [-0.4, -0.2) is 11.2 Å². The fourth-order valence-corrected chi connectivity index (χ4v) is 1.86. The Hall–Kier alpha value is -1.22. The molecule has 4 nitrogen and oxygen atoms in total. The zero-order chi connectivity index (χ0) is 13.1. The van der Waals surface area contributed by atoms with Crippen LogP contribution in [-0.2, 0) is 12.7 Å². The van der Waals surface area contributed by atoms with Crippen molar-refractivity contribution < 1.29 is 18.0 Å². The van der Waals surface area contributed by atoms with Crippen LogP contribution in [0.25, 0.3) is 0 Å². The van der Waals surface area contributed by atoms with Gasteiger partial charge in [-0.15, -0.1) is 24.0 Å². The van der Waals surface area contributed by atoms with Crippen LogP contribution in [0, 0.1) is 5.41 Å². The number of rotatable bonds is 2. The molecule has 0 unspecified atom stereocenters. The molecule has 17 heavy (non-hydrogen) atoms. The predicted octanol–water partition coefficient (Wildman–Crippen LogP) is 2.43. The van der Waals surface area contributed by atoms with E-state index in [4.69, 9.17) is 5.41 Å². The molecule has 1 aromatic heterocycles. The Balaban J connectivity index is 2.51. The summed E-state index contributed by atoms with van der Waals surface area (Å²) in [5, 5.41) is 10.8. The van der Waals surface area contributed by atoms with Gasteiger partial charge < -0.3 is 5.32 Å². The summed E-state index contributed by atoms with van der Waals surface area (Å²) in [4.78, 5) is 10.7. The Morgan fingerprint density at radius 1 is 1.47 bits per heavy atom. The fourth-order valence-electron chi connectivity index (χ4n) is 0.944. The molecule has 0 saturated carbocycles. The van der Waals surface area contributed by atoms with Gasteiger partial charge in [-0.1, -0.05) is 0 Å². The van der Waals surface area contributed by atoms with Crippen molar-refractivity contribution in [2.45, 2.75) is 12.7 Å². The first-order chi connectivity index (χ1) is 7.79. The van der Waals surface area contributed by atoms with Gasteiger partial charge in [0.15, 0.2) is 5.17 Å². The predicted molar refractivity (Wildman–Crippen MR) is 61.4 cm³/mol. The lowest BCUT2D eigenvalue weighted by Crippen LogP contribution is -2.36. The average Bonchev–Trinajstić information content (AvgIpc) is 2.61. The van der Waals surface area contributed by atoms with Crippen molar-refractivity contribution in [1.29, 1.82) is 5.41 Å². The zero-order valence-corrected chi connectivity index (χ0v) is 9.97. The number of thiol groups is 1. The molecule has 2 amide bonds. The standard InChI is InChI=1S/C8H8F3N3OS2/c9-8(10,11)5-2-1-4(17-5)3-13-7(15)14-6(12)16/h1-2H,3H2,(H4,12,13,14,15,16). The summed E-state index contributed by atoms with van der Waals surface area (Å²) in [5.74, 6) is 0. The van der Waals surface area contributed by atoms with Gasteiger partial charge in [-0.05, 0) is 12.1 Å². The second-order valence-corrected chi connectivity index (χ2v) is 4.54. The topological polar surface area (TPSA) is 65.0 Å². The van der Waals surface area contributed by atoms with Crippen LogP contribution in [0.15, 0.2) is 12.1 Å². The fraction of sp³-hybridized carbons (Fsp3) is 0.250. The minimum absolute atomic E-state index is 0.0341. The van der Waals surface area contributed by atoms with Crippen molar-refractivity contribution in [2.24, 2.45) is 0 Å². The maximum absolute atomic E-state index is 12.2. The van der Waals surface area contributed by atoms with Crippen LogP contribution < -0.4 is 10.6 Å². The SMILES string of the molecule is N=C(S)NC(=O)NCc1ccc(C(F)(F)F)s1. The third kappa shape index (κ3) is 4.65. The number of thiophene rings is 1. The second kappa shape index (κ2) is 5.41. The molecule has 1 rings (SSSR count). The van der Waals surface area contributed by atoms with E-state index in [2.05, 4.69) is 17.9 Å². The Bertz CT molecular complexity index is 430. The highest BCUT2D eigenvalue weighted by Crippen LogP contribution is 2.34. The van der Waals surface area contributed by atoms with E-state index in [0.717, 1.165) is 6.07 Å². The van der Waals surface area contributed by atoms with Crippen molar-refractivity contribution in [3.63, 3.8) is 0 Å². The molecule has 3 N–H and O–H groups in total. The van der Waals surface area contributed by atoms with E-state index in [9.17, 15) is 18.0 Å². The van der Waals surface area contributed by atoms with Crippen LogP contribution in [0.5, 0.6) is 0 Å². The lowest BCUT2D eigenvalue weighted by molar-refractivity contribution is -0.134. The van der Waals surface area contributed by atoms with E-state index in [1.54, 1.807) is 0 Å². The molecule has 0 bridgehead atoms. The van der Waals surface area contributed by atoms with Gasteiger partial charge >= 0.3 is 12.2 Å². The number of carbonyl (C=O) groups is 1. The van der Waals surface area contributed by atoms with Crippen LogP contribution in [0.1, 0.15) is 9.75 Å². The first-order valence-electron chi connectivity index (χ1n) is 4.27. The van der Waals surface area contributed by atoms with Gasteiger partial charge in [-0.25, -0.2) is 4.79 Å². The maximum Gasteiger partial charge on any atom is 0.425 e. The normalized spacial score (nSPS) is 11.1. The Kier molecular flexibility index (Phi) is 4.40. The first-order valence-corrected chi connectivity index (χ1v) is 5.53. The molecule has 9 heteroatoms. The third-order valence-electron chi connectivity index (χ3n) is 1.60. The van der Waals surface area contributed by atoms with E-state index in [1.165, 1.54) is 6.07 Å². The van der Waals surface area contributed by atoms with Crippen molar-refractivity contribution in [3.05, 3.63) is 21.9 Å². The summed E-state index contributed by atoms with van der Waals surface area (Å²) in [7, 11) is 0. The molecule has 0 aromatic carbocycles. The van der Waals surface area contributed by atoms with Gasteiger partial charge in [0.25, 0.3) is 0 Å². The zero-order valence-electron chi connectivity index (χ0n) is 8.26. The molecule has 0 aliphatic carbocycles. The van der Waals surface area contributed by atoms with Gasteiger partial charge in [0, 0.05) is 4.88 Å². The van der Waals surface area contributed by atoms with Crippen molar-refractivity contribution in [3.8, 4) is 0 Å². The third-order valence-corrected chi connectivity index (χ3v) is 2.84. The smallest absolute Gasteiger partial charge is 0.333 e. The maximum atomic E-state index is 12.2. The van der Waals surface area contributed by atoms with Crippen molar-refractivity contribution >= 4 is 35.2 Å². The number of hydrogen-bond donors (Lipinski definition) is 4. The highest BCUT2D eigenvalue weighted by atomic mass is 32.1. The lowest BCUT2D eigenvalue weighted by atomic mass is 10.4. The highest BCUT2D eigenvalue weighted by Gasteiger charge is 2.32. The number of carbonyl (C=O) groups excluding carboxylic acids is 1. The minimum Gasteiger partial charge on any atom is -0.333 e. The average molecular weight is 283 g/mol. The lowest BCUT2D eigenvalue weighted by Gasteiger charge is -2.04. The molecule has 0 aliphatic heterocycles. The summed E-state index contributed by atoms with van der Waals surface area (Å²) in [5.41, 5.74) is 0. The summed E-state index contributed by atoms with van der Waals surface area (Å²) >= 11 is 4.09. The van der Waals surface area contributed by atoms with Crippen molar-refractivity contribution in [2.75, 3.05) is 0 Å². The van der Waals surface area contributed by atoms with Gasteiger partial charge in [0.05, 0.1) is 6.54 Å². The molecule has 1 heterocycles. The molecule has 0 spiro atoms. The molecule has 0 radical (unpaired) electrons. The summed E-state index contributed by atoms with van der Waals surface area (Å²) in [6.45, 7) is -0.0341. The number of urea groups is 1. The van der Waals surface area contributed by atoms with Crippen molar-refractivity contribution in [1.82, 2.24) is 10.6 Å². The highest BCUT2D eigenvalue weighted by molar-refractivity contribution is 7.96. The van der Waals surface area contributed by atoms with Crippen LogP contribution in [0.2, 0.25) is 0 Å². The van der Waals surface area contributed by atoms with E-state index < -0.39 is 17.1 Å². The number of hydrogen-bond acceptors (Lipinski definition) is 3. The molecule has 0 fully saturated rings. The monoisotopic (exact) mass is 283 g/mol. The Morgan fingerprint density at radius 3 is 2.59 bits per heavy atom. The quantitative estimate of drug-likeness (QED) is 0.376. The Morgan fingerprint density at radius 2 is 2.12 bits per heavy atom. The molecule has 0 atom stereocenters. The Labute approximate surface area is 104 Å². The summed E-state index contributed by atoms with van der Waals surface area (Å²) < 4.78 is 36.7. The minimum atomic E-state index is -4.36. The van der Waals surface area contributed by atoms with Crippen LogP contribution >= 0.6 is 24.0 Å². The first kappa shape index (κ1) is 13.8. The van der Waals surface area contributed by atoms with Gasteiger partial charge in [-0.2, -0.15) is 13.2 Å². The largest absolute Gasteiger partial charge is 0.425 e. The summed E-state index contributed by atoms with van der Waals surface area (Å²) in [6, 6.07) is 1.56. The van der Waals surface area contributed by atoms with Gasteiger partial charge in [0.1, 0.15) is 4.88 Å². The number of halogens is 3. The number of nitrogens with one attached hydrogen (secondary N) is 3. The molecule has 0 aliphatic rings. The molecule has 94 valence electrons. The number of alkyl halides is 3. The van der Waals surface area contributed by atoms with E-state index in [-0.39, 0.29) is 11.7 Å². The molecule has 0 saturated heterocycles. The van der Waals surface area contributed by atoms with Crippen LogP contribution in [0.4, 0.5) is 18.0 Å². The molecular weight excluding hydrogens is 275 g/mol. The number of amidine groups is 1. The van der Waals surface area contributed by atoms with Gasteiger partial charge in [-0.3, -0.25) is 10.7 Å². The molecular formula is C8H8F3N3OS2. The van der Waals surface area contributed by atoms with E-state index in [0.29, 0.717) is 16.2 Å². The van der Waals surface area contributed by atoms with E-state index in [1.807, 2.05) is 5.32 Å². The van der Waals surface area contributed by atoms with Gasteiger partial charge in [0.2, 0.25) is 0 Å². The van der Waals surface area contributed by atoms with Crippen LogP contribution in [0.3, 0.4) is 0 Å². The number of amides is 2. The van der Waals surface area contributed by atoms with E-state index >= 15 is 0 Å².